The summed E-state index contributed by atoms with van der Waals surface area (Å²) >= 11 is 0. The molecule has 0 saturated carbocycles. The van der Waals surface area contributed by atoms with Crippen LogP contribution in [0.2, 0.25) is 0 Å². The maximum absolute atomic E-state index is 13.1. The number of alkyl halides is 6. The van der Waals surface area contributed by atoms with Crippen LogP contribution >= 0.6 is 0 Å². The fraction of sp³-hybridized carbons (Fsp3) is 0.143. The van der Waals surface area contributed by atoms with Crippen molar-refractivity contribution in [1.29, 1.82) is 5.26 Å². The Balaban J connectivity index is 2.05. The Morgan fingerprint density at radius 3 is 2.29 bits per heavy atom. The van der Waals surface area contributed by atoms with Gasteiger partial charge in [-0.3, -0.25) is 4.98 Å². The number of hydrogen-bond donors (Lipinski definition) is 0. The maximum Gasteiger partial charge on any atom is 0.416 e. The van der Waals surface area contributed by atoms with Gasteiger partial charge in [-0.15, -0.1) is 0 Å². The molecule has 0 N–H and O–H groups in total. The summed E-state index contributed by atoms with van der Waals surface area (Å²) in [7, 11) is 0.107. The zero-order valence-electron chi connectivity index (χ0n) is 15.9. The van der Waals surface area contributed by atoms with Crippen LogP contribution in [0.5, 0.6) is 0 Å². The fourth-order valence-electron chi connectivity index (χ4n) is 3.01. The molecule has 0 atom stereocenters. The Labute approximate surface area is 174 Å². The first kappa shape index (κ1) is 22.2. The van der Waals surface area contributed by atoms with E-state index in [0.717, 1.165) is 24.3 Å². The Kier molecular flexibility index (Phi) is 6.25. The van der Waals surface area contributed by atoms with Gasteiger partial charge < -0.3 is 4.57 Å². The predicted molar refractivity (Wildman–Crippen MR) is 105 cm³/mol. The number of aromatic nitrogens is 2. The van der Waals surface area contributed by atoms with E-state index in [0.29, 0.717) is 16.8 Å². The molecule has 0 aliphatic carbocycles. The average Bonchev–Trinajstić information content (AvgIpc) is 3.14. The van der Waals surface area contributed by atoms with Crippen molar-refractivity contribution in [3.63, 3.8) is 0 Å². The minimum absolute atomic E-state index is 0.0131. The molecule has 0 unspecified atom stereocenters. The molecule has 10 heteroatoms. The van der Waals surface area contributed by atoms with Crippen molar-refractivity contribution < 1.29 is 26.3 Å². The zero-order chi connectivity index (χ0) is 22.6. The van der Waals surface area contributed by atoms with Gasteiger partial charge in [0.2, 0.25) is 7.28 Å². The van der Waals surface area contributed by atoms with Crippen LogP contribution in [0.25, 0.3) is 11.5 Å². The van der Waals surface area contributed by atoms with Gasteiger partial charge in [0.25, 0.3) is 0 Å². The summed E-state index contributed by atoms with van der Waals surface area (Å²) in [6, 6.07) is 11.0. The number of nitriles is 1. The summed E-state index contributed by atoms with van der Waals surface area (Å²) in [5.74, 6) is 0. The monoisotopic (exact) mass is 433 g/mol. The highest BCUT2D eigenvalue weighted by molar-refractivity contribution is 6.73. The second-order valence-electron chi connectivity index (χ2n) is 6.67. The van der Waals surface area contributed by atoms with Gasteiger partial charge in [-0.2, -0.15) is 31.6 Å². The molecule has 0 aliphatic heterocycles. The topological polar surface area (TPSA) is 41.6 Å². The first-order valence-electron chi connectivity index (χ1n) is 9.00. The van der Waals surface area contributed by atoms with Crippen molar-refractivity contribution in [2.45, 2.75) is 18.9 Å². The lowest BCUT2D eigenvalue weighted by molar-refractivity contribution is -0.138. The molecule has 0 fully saturated rings. The number of halogens is 6. The van der Waals surface area contributed by atoms with Gasteiger partial charge in [0.15, 0.2) is 0 Å². The van der Waals surface area contributed by atoms with Crippen molar-refractivity contribution in [3.05, 3.63) is 83.2 Å². The quantitative estimate of drug-likeness (QED) is 0.333. The van der Waals surface area contributed by atoms with Crippen molar-refractivity contribution in [2.75, 3.05) is 0 Å². The first-order chi connectivity index (χ1) is 14.6. The molecule has 158 valence electrons. The van der Waals surface area contributed by atoms with Gasteiger partial charge in [0.05, 0.1) is 22.9 Å². The number of rotatable bonds is 5. The molecule has 0 aliphatic rings. The normalized spacial score (nSPS) is 12.5. The second-order valence-corrected chi connectivity index (χ2v) is 6.67. The number of hydrogen-bond acceptors (Lipinski definition) is 2. The van der Waals surface area contributed by atoms with E-state index >= 15 is 0 Å². The van der Waals surface area contributed by atoms with E-state index in [-0.39, 0.29) is 19.4 Å². The Morgan fingerprint density at radius 1 is 1.00 bits per heavy atom. The highest BCUT2D eigenvalue weighted by Gasteiger charge is 2.31. The lowest BCUT2D eigenvalue weighted by atomic mass is 9.65. The van der Waals surface area contributed by atoms with E-state index in [2.05, 4.69) is 4.98 Å². The standard InChI is InChI=1S/C21H14BF6N3/c23-20(24,25)16-6-4-15(5-7-16)18(22-19-30-9-11-31(19)10-8-29)13-14-2-1-3-17(12-14)21(26,27)28/h1-7,9,11-13,22H,10H2. The van der Waals surface area contributed by atoms with Crippen LogP contribution in [0.15, 0.2) is 60.9 Å². The van der Waals surface area contributed by atoms with E-state index in [1.54, 1.807) is 10.8 Å². The molecule has 31 heavy (non-hydrogen) atoms. The van der Waals surface area contributed by atoms with Gasteiger partial charge in [0, 0.05) is 12.4 Å². The molecular formula is C21H14BF6N3. The minimum atomic E-state index is -4.53. The summed E-state index contributed by atoms with van der Waals surface area (Å²) in [6.45, 7) is 0.0131. The summed E-state index contributed by atoms with van der Waals surface area (Å²) in [6.07, 6.45) is -4.51. The summed E-state index contributed by atoms with van der Waals surface area (Å²) < 4.78 is 79.4. The van der Waals surface area contributed by atoms with Crippen LogP contribution in [0, 0.1) is 11.3 Å². The van der Waals surface area contributed by atoms with Crippen molar-refractivity contribution in [1.82, 2.24) is 9.55 Å². The van der Waals surface area contributed by atoms with E-state index in [9.17, 15) is 26.3 Å². The molecule has 3 aromatic rings. The van der Waals surface area contributed by atoms with E-state index in [1.165, 1.54) is 36.5 Å². The third kappa shape index (κ3) is 5.57. The van der Waals surface area contributed by atoms with Crippen LogP contribution in [-0.2, 0) is 18.9 Å². The third-order valence-electron chi connectivity index (χ3n) is 4.53. The molecule has 0 bridgehead atoms. The molecule has 3 nitrogen and oxygen atoms in total. The van der Waals surface area contributed by atoms with E-state index < -0.39 is 23.5 Å². The average molecular weight is 433 g/mol. The Hall–Kier alpha value is -3.48. The Bertz CT molecular complexity index is 1120. The van der Waals surface area contributed by atoms with Crippen molar-refractivity contribution >= 4 is 24.6 Å². The lowest BCUT2D eigenvalue weighted by Gasteiger charge is -2.12. The van der Waals surface area contributed by atoms with Gasteiger partial charge in [-0.25, -0.2) is 0 Å². The smallest absolute Gasteiger partial charge is 0.329 e. The highest BCUT2D eigenvalue weighted by atomic mass is 19.4. The van der Waals surface area contributed by atoms with Gasteiger partial charge >= 0.3 is 12.4 Å². The summed E-state index contributed by atoms with van der Waals surface area (Å²) in [5.41, 5.74) is -0.113. The van der Waals surface area contributed by atoms with Crippen LogP contribution in [-0.4, -0.2) is 16.8 Å². The fourth-order valence-corrected chi connectivity index (χ4v) is 3.01. The molecule has 0 radical (unpaired) electrons. The largest absolute Gasteiger partial charge is 0.416 e. The molecule has 0 amide bonds. The molecule has 2 aromatic carbocycles. The molecular weight excluding hydrogens is 419 g/mol. The second kappa shape index (κ2) is 8.72. The van der Waals surface area contributed by atoms with Crippen LogP contribution in [0.4, 0.5) is 26.3 Å². The van der Waals surface area contributed by atoms with Gasteiger partial charge in [0.1, 0.15) is 6.54 Å². The molecule has 0 saturated heterocycles. The highest BCUT2D eigenvalue weighted by Crippen LogP contribution is 2.32. The van der Waals surface area contributed by atoms with E-state index in [4.69, 9.17) is 5.26 Å². The Morgan fingerprint density at radius 2 is 1.68 bits per heavy atom. The maximum atomic E-state index is 13.1. The molecule has 0 spiro atoms. The summed E-state index contributed by atoms with van der Waals surface area (Å²) in [4.78, 5) is 4.17. The third-order valence-corrected chi connectivity index (χ3v) is 4.53. The molecule has 1 heterocycles. The number of nitrogens with zero attached hydrogens (tertiary/aromatic N) is 3. The molecule has 3 rings (SSSR count). The van der Waals surface area contributed by atoms with Gasteiger partial charge in [-0.1, -0.05) is 35.8 Å². The van der Waals surface area contributed by atoms with Gasteiger partial charge in [-0.05, 0) is 35.4 Å². The number of benzene rings is 2. The van der Waals surface area contributed by atoms with Crippen LogP contribution in [0.3, 0.4) is 0 Å². The minimum Gasteiger partial charge on any atom is -0.329 e. The summed E-state index contributed by atoms with van der Waals surface area (Å²) in [5, 5.41) is 8.94. The SMILES string of the molecule is N#CCn1ccnc1BC(=Cc1cccc(C(F)(F)F)c1)c1ccc(C(F)(F)F)cc1. The van der Waals surface area contributed by atoms with Crippen molar-refractivity contribution in [3.8, 4) is 6.07 Å². The van der Waals surface area contributed by atoms with Crippen LogP contribution in [0.1, 0.15) is 22.3 Å². The van der Waals surface area contributed by atoms with E-state index in [1.807, 2.05) is 6.07 Å². The molecule has 1 aromatic heterocycles. The predicted octanol–water partition coefficient (Wildman–Crippen LogP) is 4.70. The lowest BCUT2D eigenvalue weighted by Crippen LogP contribution is -2.27. The van der Waals surface area contributed by atoms with Crippen LogP contribution < -0.4 is 5.72 Å². The zero-order valence-corrected chi connectivity index (χ0v) is 15.9. The first-order valence-corrected chi connectivity index (χ1v) is 9.00. The number of imidazole rings is 1. The van der Waals surface area contributed by atoms with Crippen molar-refractivity contribution in [2.24, 2.45) is 0 Å².